The van der Waals surface area contributed by atoms with Crippen LogP contribution in [-0.4, -0.2) is 34.1 Å². The first-order chi connectivity index (χ1) is 8.31. The minimum absolute atomic E-state index is 0.226. The molecule has 2 atom stereocenters. The summed E-state index contributed by atoms with van der Waals surface area (Å²) in [6.07, 6.45) is -6.41. The van der Waals surface area contributed by atoms with Gasteiger partial charge >= 0.3 is 6.18 Å². The van der Waals surface area contributed by atoms with Gasteiger partial charge in [0.2, 0.25) is 11.7 Å². The van der Waals surface area contributed by atoms with E-state index in [1.165, 1.54) is 0 Å². The molecule has 0 spiro atoms. The Labute approximate surface area is 101 Å². The van der Waals surface area contributed by atoms with Crippen LogP contribution >= 0.6 is 0 Å². The number of alkyl halides is 3. The van der Waals surface area contributed by atoms with Gasteiger partial charge in [-0.15, -0.1) is 0 Å². The number of halogens is 3. The van der Waals surface area contributed by atoms with E-state index in [0.29, 0.717) is 13.0 Å². The summed E-state index contributed by atoms with van der Waals surface area (Å²) in [7, 11) is 0. The number of aliphatic hydroxyl groups excluding tert-OH is 1. The Morgan fingerprint density at radius 1 is 1.50 bits per heavy atom. The van der Waals surface area contributed by atoms with Gasteiger partial charge in [-0.2, -0.15) is 18.2 Å². The van der Waals surface area contributed by atoms with E-state index >= 15 is 0 Å². The van der Waals surface area contributed by atoms with E-state index in [2.05, 4.69) is 10.1 Å². The summed E-state index contributed by atoms with van der Waals surface area (Å²) < 4.78 is 46.6. The summed E-state index contributed by atoms with van der Waals surface area (Å²) in [5.41, 5.74) is -0.703. The molecule has 1 N–H and O–H groups in total. The second kappa shape index (κ2) is 4.51. The maximum Gasteiger partial charge on any atom is 0.414 e. The topological polar surface area (TPSA) is 68.4 Å². The average molecular weight is 266 g/mol. The largest absolute Gasteiger partial charge is 0.414 e. The summed E-state index contributed by atoms with van der Waals surface area (Å²) in [5.74, 6) is -0.0177. The molecule has 0 aliphatic carbocycles. The molecule has 0 saturated carbocycles. The van der Waals surface area contributed by atoms with Gasteiger partial charge in [0.05, 0.1) is 6.42 Å². The maximum absolute atomic E-state index is 12.2. The molecule has 18 heavy (non-hydrogen) atoms. The predicted molar refractivity (Wildman–Crippen MR) is 52.6 cm³/mol. The molecule has 2 unspecified atom stereocenters. The molecule has 2 heterocycles. The van der Waals surface area contributed by atoms with Crippen LogP contribution in [0.4, 0.5) is 13.2 Å². The molecule has 8 heteroatoms. The minimum atomic E-state index is -4.69. The van der Waals surface area contributed by atoms with E-state index in [1.54, 1.807) is 6.92 Å². The zero-order chi connectivity index (χ0) is 13.4. The number of hydrogen-bond donors (Lipinski definition) is 1. The lowest BCUT2D eigenvalue weighted by atomic mass is 10.0. The first kappa shape index (κ1) is 13.3. The Morgan fingerprint density at radius 2 is 2.22 bits per heavy atom. The zero-order valence-corrected chi connectivity index (χ0v) is 9.70. The molecule has 0 aromatic carbocycles. The van der Waals surface area contributed by atoms with Crippen molar-refractivity contribution in [3.63, 3.8) is 0 Å². The van der Waals surface area contributed by atoms with Crippen LogP contribution in [0.5, 0.6) is 0 Å². The molecule has 102 valence electrons. The molecule has 1 aromatic rings. The molecule has 5 nitrogen and oxygen atoms in total. The molecule has 1 fully saturated rings. The lowest BCUT2D eigenvalue weighted by molar-refractivity contribution is -0.204. The molecule has 1 aliphatic heterocycles. The number of nitrogens with zero attached hydrogens (tertiary/aromatic N) is 2. The van der Waals surface area contributed by atoms with Crippen molar-refractivity contribution >= 4 is 0 Å². The standard InChI is InChI=1S/C10H13F3N2O3/c1-9(3-2-4-17-9)8-14-7(18-15-8)5-6(16)10(11,12)13/h6,16H,2-5H2,1H3. The molecule has 2 rings (SSSR count). The molecule has 0 radical (unpaired) electrons. The van der Waals surface area contributed by atoms with Crippen molar-refractivity contribution in [1.82, 2.24) is 10.1 Å². The van der Waals surface area contributed by atoms with Gasteiger partial charge in [0.15, 0.2) is 6.10 Å². The van der Waals surface area contributed by atoms with Crippen LogP contribution in [0.2, 0.25) is 0 Å². The van der Waals surface area contributed by atoms with E-state index in [9.17, 15) is 13.2 Å². The molecule has 1 saturated heterocycles. The summed E-state index contributed by atoms with van der Waals surface area (Å²) in [6.45, 7) is 2.32. The van der Waals surface area contributed by atoms with Crippen molar-refractivity contribution in [2.75, 3.05) is 6.61 Å². The van der Waals surface area contributed by atoms with Crippen LogP contribution in [0.25, 0.3) is 0 Å². The number of hydrogen-bond acceptors (Lipinski definition) is 5. The second-order valence-electron chi connectivity index (χ2n) is 4.46. The van der Waals surface area contributed by atoms with Gasteiger partial charge in [-0.3, -0.25) is 0 Å². The highest BCUT2D eigenvalue weighted by Gasteiger charge is 2.41. The fourth-order valence-electron chi connectivity index (χ4n) is 1.79. The quantitative estimate of drug-likeness (QED) is 0.899. The van der Waals surface area contributed by atoms with Crippen molar-refractivity contribution in [3.8, 4) is 0 Å². The Bertz CT molecular complexity index is 413. The van der Waals surface area contributed by atoms with Crippen molar-refractivity contribution in [2.24, 2.45) is 0 Å². The average Bonchev–Trinajstić information content (AvgIpc) is 2.86. The van der Waals surface area contributed by atoms with E-state index in [0.717, 1.165) is 6.42 Å². The van der Waals surface area contributed by atoms with Crippen molar-refractivity contribution < 1.29 is 27.5 Å². The molecule has 1 aromatic heterocycles. The summed E-state index contributed by atoms with van der Waals surface area (Å²) in [4.78, 5) is 3.85. The monoisotopic (exact) mass is 266 g/mol. The minimum Gasteiger partial charge on any atom is -0.383 e. The highest BCUT2D eigenvalue weighted by atomic mass is 19.4. The summed E-state index contributed by atoms with van der Waals surface area (Å²) in [6, 6.07) is 0. The molecule has 1 aliphatic rings. The fraction of sp³-hybridized carbons (Fsp3) is 0.800. The van der Waals surface area contributed by atoms with Crippen molar-refractivity contribution in [1.29, 1.82) is 0 Å². The SMILES string of the molecule is CC1(c2noc(CC(O)C(F)(F)F)n2)CCCO1. The van der Waals surface area contributed by atoms with Crippen LogP contribution in [0.3, 0.4) is 0 Å². The Hall–Kier alpha value is -1.15. The lowest BCUT2D eigenvalue weighted by Gasteiger charge is -2.17. The Kier molecular flexibility index (Phi) is 3.33. The fourth-order valence-corrected chi connectivity index (χ4v) is 1.79. The highest BCUT2D eigenvalue weighted by Crippen LogP contribution is 2.33. The van der Waals surface area contributed by atoms with Crippen molar-refractivity contribution in [2.45, 2.75) is 44.1 Å². The lowest BCUT2D eigenvalue weighted by Crippen LogP contribution is -2.30. The van der Waals surface area contributed by atoms with E-state index in [4.69, 9.17) is 14.4 Å². The molecular weight excluding hydrogens is 253 g/mol. The van der Waals surface area contributed by atoms with Gasteiger partial charge in [-0.05, 0) is 19.8 Å². The molecular formula is C10H13F3N2O3. The third-order valence-electron chi connectivity index (χ3n) is 2.91. The van der Waals surface area contributed by atoms with E-state index in [-0.39, 0.29) is 11.7 Å². The van der Waals surface area contributed by atoms with Gasteiger partial charge in [0, 0.05) is 6.61 Å². The van der Waals surface area contributed by atoms with E-state index in [1.807, 2.05) is 0 Å². The highest BCUT2D eigenvalue weighted by molar-refractivity contribution is 5.02. The normalized spacial score (nSPS) is 26.5. The molecule has 0 amide bonds. The number of ether oxygens (including phenoxy) is 1. The van der Waals surface area contributed by atoms with Crippen LogP contribution < -0.4 is 0 Å². The smallest absolute Gasteiger partial charge is 0.383 e. The summed E-state index contributed by atoms with van der Waals surface area (Å²) in [5, 5.41) is 12.5. The van der Waals surface area contributed by atoms with Gasteiger partial charge in [0.1, 0.15) is 5.60 Å². The Balaban J connectivity index is 2.07. The van der Waals surface area contributed by atoms with Gasteiger partial charge < -0.3 is 14.4 Å². The third-order valence-corrected chi connectivity index (χ3v) is 2.91. The van der Waals surface area contributed by atoms with Crippen LogP contribution in [0, 0.1) is 0 Å². The number of aliphatic hydroxyl groups is 1. The van der Waals surface area contributed by atoms with Crippen LogP contribution in [0.1, 0.15) is 31.5 Å². The predicted octanol–water partition coefficient (Wildman–Crippen LogP) is 1.56. The van der Waals surface area contributed by atoms with Gasteiger partial charge in [-0.25, -0.2) is 0 Å². The number of rotatable bonds is 3. The summed E-state index contributed by atoms with van der Waals surface area (Å²) >= 11 is 0. The van der Waals surface area contributed by atoms with Gasteiger partial charge in [0.25, 0.3) is 0 Å². The van der Waals surface area contributed by atoms with Gasteiger partial charge in [-0.1, -0.05) is 5.16 Å². The Morgan fingerprint density at radius 3 is 2.78 bits per heavy atom. The van der Waals surface area contributed by atoms with Crippen LogP contribution in [-0.2, 0) is 16.8 Å². The third kappa shape index (κ3) is 2.64. The molecule has 0 bridgehead atoms. The first-order valence-electron chi connectivity index (χ1n) is 5.53. The van der Waals surface area contributed by atoms with E-state index < -0.39 is 24.3 Å². The number of aromatic nitrogens is 2. The first-order valence-corrected chi connectivity index (χ1v) is 5.53. The second-order valence-corrected chi connectivity index (χ2v) is 4.46. The zero-order valence-electron chi connectivity index (χ0n) is 9.70. The maximum atomic E-state index is 12.2. The van der Waals surface area contributed by atoms with Crippen LogP contribution in [0.15, 0.2) is 4.52 Å². The van der Waals surface area contributed by atoms with Crippen molar-refractivity contribution in [3.05, 3.63) is 11.7 Å².